The number of nitrogens with one attached hydrogen (secondary N) is 2. The molecule has 166 valence electrons. The fraction of sp³-hybridized carbons (Fsp3) is 0.350. The predicted octanol–water partition coefficient (Wildman–Crippen LogP) is 2.69. The second-order valence-corrected chi connectivity index (χ2v) is 7.13. The molecule has 0 saturated carbocycles. The van der Waals surface area contributed by atoms with Gasteiger partial charge >= 0.3 is 12.1 Å². The molecule has 1 aliphatic rings. The number of H-pyrrole nitrogens is 1. The molecule has 3 N–H and O–H groups in total. The Balaban J connectivity index is 0.000000339. The number of carboxylic acid groups (broad SMARTS) is 1. The molecule has 3 heterocycles. The molecule has 0 aliphatic carbocycles. The van der Waals surface area contributed by atoms with Gasteiger partial charge in [-0.2, -0.15) is 18.3 Å². The Morgan fingerprint density at radius 2 is 2.03 bits per heavy atom. The molecule has 1 atom stereocenters. The summed E-state index contributed by atoms with van der Waals surface area (Å²) in [6, 6.07) is 10.6. The van der Waals surface area contributed by atoms with Crippen LogP contribution in [0.4, 0.5) is 13.2 Å². The van der Waals surface area contributed by atoms with Gasteiger partial charge in [-0.05, 0) is 23.8 Å². The summed E-state index contributed by atoms with van der Waals surface area (Å²) >= 11 is 0. The third-order valence-electron chi connectivity index (χ3n) is 4.97. The lowest BCUT2D eigenvalue weighted by atomic mass is 10.1. The summed E-state index contributed by atoms with van der Waals surface area (Å²) in [5.74, 6) is -2.71. The van der Waals surface area contributed by atoms with Crippen molar-refractivity contribution >= 4 is 22.8 Å². The van der Waals surface area contributed by atoms with Gasteiger partial charge in [0.2, 0.25) is 5.91 Å². The quantitative estimate of drug-likeness (QED) is 0.582. The van der Waals surface area contributed by atoms with E-state index < -0.39 is 12.1 Å². The monoisotopic (exact) mass is 437 g/mol. The highest BCUT2D eigenvalue weighted by atomic mass is 19.4. The van der Waals surface area contributed by atoms with Crippen LogP contribution in [0.5, 0.6) is 0 Å². The maximum atomic E-state index is 11.8. The van der Waals surface area contributed by atoms with Crippen LogP contribution >= 0.6 is 0 Å². The van der Waals surface area contributed by atoms with Crippen LogP contribution in [-0.2, 0) is 22.7 Å². The molecule has 1 amide bonds. The minimum absolute atomic E-state index is 0.0519. The first-order chi connectivity index (χ1) is 14.7. The lowest BCUT2D eigenvalue weighted by Crippen LogP contribution is -2.39. The van der Waals surface area contributed by atoms with Crippen LogP contribution in [0.2, 0.25) is 0 Å². The lowest BCUT2D eigenvalue weighted by Gasteiger charge is -2.33. The molecule has 31 heavy (non-hydrogen) atoms. The van der Waals surface area contributed by atoms with Crippen molar-refractivity contribution in [3.63, 3.8) is 0 Å². The van der Waals surface area contributed by atoms with E-state index in [1.807, 2.05) is 23.1 Å². The number of hydrogen-bond donors (Lipinski definition) is 3. The van der Waals surface area contributed by atoms with E-state index in [9.17, 15) is 18.0 Å². The average molecular weight is 437 g/mol. The molecule has 4 rings (SSSR count). The molecular weight excluding hydrogens is 415 g/mol. The average Bonchev–Trinajstić information content (AvgIpc) is 3.37. The van der Waals surface area contributed by atoms with Gasteiger partial charge < -0.3 is 15.4 Å². The summed E-state index contributed by atoms with van der Waals surface area (Å²) in [5.41, 5.74) is 3.63. The van der Waals surface area contributed by atoms with Gasteiger partial charge in [0.15, 0.2) is 0 Å². The number of nitrogens with zero attached hydrogens (tertiary/aromatic N) is 3. The van der Waals surface area contributed by atoms with E-state index in [1.54, 1.807) is 7.05 Å². The van der Waals surface area contributed by atoms with Gasteiger partial charge in [-0.1, -0.05) is 12.1 Å². The number of hydrogen-bond acceptors (Lipinski definition) is 4. The number of carbonyl (C=O) groups is 2. The number of rotatable bonds is 4. The van der Waals surface area contributed by atoms with Crippen LogP contribution < -0.4 is 5.32 Å². The zero-order valence-corrected chi connectivity index (χ0v) is 16.7. The van der Waals surface area contributed by atoms with E-state index in [4.69, 9.17) is 9.90 Å². The number of aliphatic carboxylic acids is 1. The van der Waals surface area contributed by atoms with Crippen LogP contribution in [0.3, 0.4) is 0 Å². The first-order valence-corrected chi connectivity index (χ1v) is 9.49. The maximum Gasteiger partial charge on any atom is 0.490 e. The topological polar surface area (TPSA) is 103 Å². The van der Waals surface area contributed by atoms with E-state index in [-0.39, 0.29) is 11.9 Å². The van der Waals surface area contributed by atoms with Crippen molar-refractivity contribution in [1.82, 2.24) is 25.0 Å². The molecule has 0 saturated heterocycles. The Morgan fingerprint density at radius 1 is 1.29 bits per heavy atom. The summed E-state index contributed by atoms with van der Waals surface area (Å²) in [6.07, 6.45) is -0.827. The van der Waals surface area contributed by atoms with Gasteiger partial charge in [-0.3, -0.25) is 14.4 Å². The normalized spacial score (nSPS) is 16.3. The minimum Gasteiger partial charge on any atom is -0.475 e. The smallest absolute Gasteiger partial charge is 0.475 e. The highest BCUT2D eigenvalue weighted by Gasteiger charge is 2.38. The van der Waals surface area contributed by atoms with Crippen molar-refractivity contribution < 1.29 is 27.9 Å². The Kier molecular flexibility index (Phi) is 6.64. The minimum atomic E-state index is -5.08. The number of alkyl halides is 3. The molecule has 0 bridgehead atoms. The largest absolute Gasteiger partial charge is 0.490 e. The molecule has 1 unspecified atom stereocenters. The van der Waals surface area contributed by atoms with Gasteiger partial charge in [0.25, 0.3) is 0 Å². The highest BCUT2D eigenvalue weighted by molar-refractivity contribution is 5.82. The Labute approximate surface area is 175 Å². The summed E-state index contributed by atoms with van der Waals surface area (Å²) in [6.45, 7) is 2.54. The second-order valence-electron chi connectivity index (χ2n) is 7.13. The SMILES string of the molecule is CNC(=O)CC1CN(Cc2cccc3[nH]ccc23)Cc2ccnn21.O=C(O)C(F)(F)F. The first kappa shape index (κ1) is 22.3. The van der Waals surface area contributed by atoms with Crippen LogP contribution in [-0.4, -0.2) is 56.4 Å². The number of aromatic amines is 1. The summed E-state index contributed by atoms with van der Waals surface area (Å²) in [4.78, 5) is 26.4. The van der Waals surface area contributed by atoms with E-state index in [2.05, 4.69) is 44.6 Å². The van der Waals surface area contributed by atoms with Gasteiger partial charge in [-0.15, -0.1) is 0 Å². The van der Waals surface area contributed by atoms with Crippen molar-refractivity contribution in [2.45, 2.75) is 31.7 Å². The molecular formula is C20H22F3N5O3. The Bertz CT molecular complexity index is 1060. The number of fused-ring (bicyclic) bond motifs is 2. The number of benzene rings is 1. The predicted molar refractivity (Wildman–Crippen MR) is 106 cm³/mol. The molecule has 0 radical (unpaired) electrons. The van der Waals surface area contributed by atoms with Gasteiger partial charge in [-0.25, -0.2) is 4.79 Å². The Hall–Kier alpha value is -3.34. The number of carbonyl (C=O) groups excluding carboxylic acids is 1. The molecule has 2 aromatic heterocycles. The summed E-state index contributed by atoms with van der Waals surface area (Å²) in [7, 11) is 1.68. The van der Waals surface area contributed by atoms with Crippen molar-refractivity contribution in [1.29, 1.82) is 0 Å². The molecule has 8 nitrogen and oxygen atoms in total. The molecule has 3 aromatic rings. The van der Waals surface area contributed by atoms with Crippen LogP contribution in [0, 0.1) is 0 Å². The van der Waals surface area contributed by atoms with Crippen molar-refractivity contribution in [3.05, 3.63) is 54.0 Å². The zero-order chi connectivity index (χ0) is 22.6. The number of halogens is 3. The number of carboxylic acids is 1. The molecule has 1 aliphatic heterocycles. The molecule has 0 spiro atoms. The third-order valence-corrected chi connectivity index (χ3v) is 4.97. The van der Waals surface area contributed by atoms with Gasteiger partial charge in [0.05, 0.1) is 18.2 Å². The fourth-order valence-corrected chi connectivity index (χ4v) is 3.58. The fourth-order valence-electron chi connectivity index (χ4n) is 3.58. The van der Waals surface area contributed by atoms with E-state index in [0.717, 1.165) is 30.8 Å². The molecule has 0 fully saturated rings. The van der Waals surface area contributed by atoms with Crippen molar-refractivity contribution in [2.24, 2.45) is 0 Å². The van der Waals surface area contributed by atoms with Gasteiger partial charge in [0.1, 0.15) is 0 Å². The van der Waals surface area contributed by atoms with Crippen molar-refractivity contribution in [2.75, 3.05) is 13.6 Å². The Morgan fingerprint density at radius 3 is 2.71 bits per heavy atom. The second kappa shape index (κ2) is 9.21. The first-order valence-electron chi connectivity index (χ1n) is 9.49. The van der Waals surface area contributed by atoms with Crippen LogP contribution in [0.1, 0.15) is 23.7 Å². The maximum absolute atomic E-state index is 11.8. The van der Waals surface area contributed by atoms with Gasteiger partial charge in [0, 0.05) is 50.0 Å². The lowest BCUT2D eigenvalue weighted by molar-refractivity contribution is -0.192. The molecule has 11 heteroatoms. The zero-order valence-electron chi connectivity index (χ0n) is 16.7. The number of amides is 1. The number of aromatic nitrogens is 3. The summed E-state index contributed by atoms with van der Waals surface area (Å²) < 4.78 is 33.7. The van der Waals surface area contributed by atoms with E-state index in [1.165, 1.54) is 10.9 Å². The standard InChI is InChI=1S/C18H21N5O.C2HF3O2/c1-19-18(24)9-15-12-22(11-14-5-8-21-23(14)15)10-13-3-2-4-17-16(13)6-7-20-17;3-2(4,5)1(6)7/h2-8,15,20H,9-12H2,1H3,(H,19,24);(H,6,7). The van der Waals surface area contributed by atoms with Crippen LogP contribution in [0.15, 0.2) is 42.7 Å². The van der Waals surface area contributed by atoms with Crippen LogP contribution in [0.25, 0.3) is 10.9 Å². The summed E-state index contributed by atoms with van der Waals surface area (Å²) in [5, 5.41) is 15.5. The third kappa shape index (κ3) is 5.43. The molecule has 1 aromatic carbocycles. The van der Waals surface area contributed by atoms with E-state index >= 15 is 0 Å². The van der Waals surface area contributed by atoms with E-state index in [0.29, 0.717) is 6.42 Å². The highest BCUT2D eigenvalue weighted by Crippen LogP contribution is 2.26. The van der Waals surface area contributed by atoms with Crippen molar-refractivity contribution in [3.8, 4) is 0 Å².